The highest BCUT2D eigenvalue weighted by molar-refractivity contribution is 6.31. The van der Waals surface area contributed by atoms with Crippen LogP contribution < -0.4 is 10.6 Å². The SMILES string of the molecule is Cc1ccc(Cl)cc1NC(=O)CCN1C(=O)NC(C)(C)C1=O. The summed E-state index contributed by atoms with van der Waals surface area (Å²) in [5.74, 6) is -0.611. The molecule has 2 N–H and O–H groups in total. The van der Waals surface area contributed by atoms with Gasteiger partial charge in [-0.15, -0.1) is 0 Å². The van der Waals surface area contributed by atoms with Crippen LogP contribution in [0.1, 0.15) is 25.8 Å². The summed E-state index contributed by atoms with van der Waals surface area (Å²) in [6.45, 7) is 5.15. The maximum absolute atomic E-state index is 12.0. The first-order chi connectivity index (χ1) is 10.2. The molecule has 0 unspecified atom stereocenters. The van der Waals surface area contributed by atoms with Gasteiger partial charge in [-0.05, 0) is 38.5 Å². The number of hydrogen-bond acceptors (Lipinski definition) is 3. The Labute approximate surface area is 133 Å². The predicted octanol–water partition coefficient (Wildman–Crippen LogP) is 2.31. The van der Waals surface area contributed by atoms with Crippen LogP contribution in [0.3, 0.4) is 0 Å². The fraction of sp³-hybridized carbons (Fsp3) is 0.400. The zero-order chi connectivity index (χ0) is 16.5. The van der Waals surface area contributed by atoms with Crippen molar-refractivity contribution in [3.63, 3.8) is 0 Å². The standard InChI is InChI=1S/C15H18ClN3O3/c1-9-4-5-10(16)8-11(9)17-12(20)6-7-19-13(21)15(2,3)18-14(19)22/h4-5,8H,6-7H2,1-3H3,(H,17,20)(H,18,22). The van der Waals surface area contributed by atoms with Crippen molar-refractivity contribution in [2.24, 2.45) is 0 Å². The molecule has 1 aromatic carbocycles. The van der Waals surface area contributed by atoms with Crippen LogP contribution in [-0.2, 0) is 9.59 Å². The van der Waals surface area contributed by atoms with Gasteiger partial charge in [0.15, 0.2) is 0 Å². The molecule has 1 aliphatic heterocycles. The maximum atomic E-state index is 12.0. The molecule has 0 saturated carbocycles. The Morgan fingerprint density at radius 2 is 2.05 bits per heavy atom. The number of amides is 4. The summed E-state index contributed by atoms with van der Waals surface area (Å²) >= 11 is 5.89. The number of aryl methyl sites for hydroxylation is 1. The summed E-state index contributed by atoms with van der Waals surface area (Å²) in [7, 11) is 0. The van der Waals surface area contributed by atoms with Crippen molar-refractivity contribution in [3.05, 3.63) is 28.8 Å². The zero-order valence-corrected chi connectivity index (χ0v) is 13.5. The Hall–Kier alpha value is -2.08. The minimum absolute atomic E-state index is 0.0290. The lowest BCUT2D eigenvalue weighted by molar-refractivity contribution is -0.130. The average Bonchev–Trinajstić information content (AvgIpc) is 2.61. The number of carbonyl (C=O) groups excluding carboxylic acids is 3. The van der Waals surface area contributed by atoms with Crippen LogP contribution in [0.2, 0.25) is 5.02 Å². The van der Waals surface area contributed by atoms with Gasteiger partial charge in [-0.2, -0.15) is 0 Å². The molecule has 1 saturated heterocycles. The Morgan fingerprint density at radius 3 is 2.64 bits per heavy atom. The van der Waals surface area contributed by atoms with E-state index in [-0.39, 0.29) is 24.8 Å². The molecule has 1 aromatic rings. The zero-order valence-electron chi connectivity index (χ0n) is 12.7. The Morgan fingerprint density at radius 1 is 1.36 bits per heavy atom. The van der Waals surface area contributed by atoms with Crippen LogP contribution in [0.15, 0.2) is 18.2 Å². The molecule has 0 aliphatic carbocycles. The number of benzene rings is 1. The number of rotatable bonds is 4. The molecule has 2 rings (SSSR count). The lowest BCUT2D eigenvalue weighted by atomic mass is 10.1. The summed E-state index contributed by atoms with van der Waals surface area (Å²) in [5, 5.41) is 5.83. The van der Waals surface area contributed by atoms with Crippen molar-refractivity contribution < 1.29 is 14.4 Å². The van der Waals surface area contributed by atoms with Crippen molar-refractivity contribution in [2.45, 2.75) is 32.7 Å². The number of halogens is 1. The summed E-state index contributed by atoms with van der Waals surface area (Å²) < 4.78 is 0. The molecule has 118 valence electrons. The molecule has 4 amide bonds. The van der Waals surface area contributed by atoms with E-state index in [1.54, 1.807) is 32.0 Å². The molecule has 1 heterocycles. The van der Waals surface area contributed by atoms with E-state index >= 15 is 0 Å². The lowest BCUT2D eigenvalue weighted by Crippen LogP contribution is -2.40. The van der Waals surface area contributed by atoms with Gasteiger partial charge >= 0.3 is 6.03 Å². The first kappa shape index (κ1) is 16.3. The monoisotopic (exact) mass is 323 g/mol. The lowest BCUT2D eigenvalue weighted by Gasteiger charge is -2.16. The number of hydrogen-bond donors (Lipinski definition) is 2. The van der Waals surface area contributed by atoms with E-state index in [0.717, 1.165) is 10.5 Å². The van der Waals surface area contributed by atoms with E-state index in [0.29, 0.717) is 10.7 Å². The predicted molar refractivity (Wildman–Crippen MR) is 83.8 cm³/mol. The molecule has 0 bridgehead atoms. The number of anilines is 1. The Bertz CT molecular complexity index is 643. The minimum Gasteiger partial charge on any atom is -0.326 e. The second-order valence-corrected chi connectivity index (χ2v) is 6.21. The molecular weight excluding hydrogens is 306 g/mol. The van der Waals surface area contributed by atoms with E-state index in [2.05, 4.69) is 10.6 Å². The fourth-order valence-electron chi connectivity index (χ4n) is 2.18. The van der Waals surface area contributed by atoms with Gasteiger partial charge in [-0.3, -0.25) is 14.5 Å². The van der Waals surface area contributed by atoms with Crippen molar-refractivity contribution in [1.82, 2.24) is 10.2 Å². The van der Waals surface area contributed by atoms with Gasteiger partial charge in [0, 0.05) is 23.7 Å². The second kappa shape index (κ2) is 5.96. The van der Waals surface area contributed by atoms with Gasteiger partial charge in [-0.25, -0.2) is 4.79 Å². The molecule has 1 fully saturated rings. The van der Waals surface area contributed by atoms with Crippen molar-refractivity contribution >= 4 is 35.1 Å². The summed E-state index contributed by atoms with van der Waals surface area (Å²) in [6, 6.07) is 4.73. The summed E-state index contributed by atoms with van der Waals surface area (Å²) in [6.07, 6.45) is 0.0290. The van der Waals surface area contributed by atoms with Crippen LogP contribution >= 0.6 is 11.6 Å². The van der Waals surface area contributed by atoms with Gasteiger partial charge in [-0.1, -0.05) is 17.7 Å². The molecule has 1 aliphatic rings. The second-order valence-electron chi connectivity index (χ2n) is 5.77. The highest BCUT2D eigenvalue weighted by Crippen LogP contribution is 2.21. The molecule has 0 radical (unpaired) electrons. The smallest absolute Gasteiger partial charge is 0.325 e. The van der Waals surface area contributed by atoms with Crippen molar-refractivity contribution in [2.75, 3.05) is 11.9 Å². The topological polar surface area (TPSA) is 78.5 Å². The third kappa shape index (κ3) is 3.39. The van der Waals surface area contributed by atoms with E-state index in [9.17, 15) is 14.4 Å². The van der Waals surface area contributed by atoms with Gasteiger partial charge < -0.3 is 10.6 Å². The quantitative estimate of drug-likeness (QED) is 0.835. The number of carbonyl (C=O) groups is 3. The Balaban J connectivity index is 1.95. The third-order valence-electron chi connectivity index (χ3n) is 3.48. The van der Waals surface area contributed by atoms with Crippen LogP contribution in [0.25, 0.3) is 0 Å². The maximum Gasteiger partial charge on any atom is 0.325 e. The highest BCUT2D eigenvalue weighted by Gasteiger charge is 2.43. The fourth-order valence-corrected chi connectivity index (χ4v) is 2.35. The van der Waals surface area contributed by atoms with Gasteiger partial charge in [0.2, 0.25) is 5.91 Å². The van der Waals surface area contributed by atoms with Crippen LogP contribution in [0.5, 0.6) is 0 Å². The summed E-state index contributed by atoms with van der Waals surface area (Å²) in [5.41, 5.74) is 0.584. The van der Waals surface area contributed by atoms with Gasteiger partial charge in [0.25, 0.3) is 5.91 Å². The largest absolute Gasteiger partial charge is 0.326 e. The van der Waals surface area contributed by atoms with E-state index in [1.807, 2.05) is 6.92 Å². The Kier molecular flexibility index (Phi) is 4.42. The number of nitrogens with zero attached hydrogens (tertiary/aromatic N) is 1. The molecule has 22 heavy (non-hydrogen) atoms. The van der Waals surface area contributed by atoms with Crippen LogP contribution in [-0.4, -0.2) is 34.8 Å². The molecule has 0 aromatic heterocycles. The van der Waals surface area contributed by atoms with E-state index < -0.39 is 11.6 Å². The molecule has 7 heteroatoms. The van der Waals surface area contributed by atoms with Crippen LogP contribution in [0.4, 0.5) is 10.5 Å². The number of urea groups is 1. The van der Waals surface area contributed by atoms with Gasteiger partial charge in [0.1, 0.15) is 5.54 Å². The summed E-state index contributed by atoms with van der Waals surface area (Å²) in [4.78, 5) is 36.8. The molecule has 0 atom stereocenters. The molecule has 6 nitrogen and oxygen atoms in total. The number of nitrogens with one attached hydrogen (secondary N) is 2. The third-order valence-corrected chi connectivity index (χ3v) is 3.72. The van der Waals surface area contributed by atoms with Crippen molar-refractivity contribution in [1.29, 1.82) is 0 Å². The van der Waals surface area contributed by atoms with Crippen molar-refractivity contribution in [3.8, 4) is 0 Å². The first-order valence-electron chi connectivity index (χ1n) is 6.91. The first-order valence-corrected chi connectivity index (χ1v) is 7.28. The van der Waals surface area contributed by atoms with Crippen LogP contribution in [0, 0.1) is 6.92 Å². The average molecular weight is 324 g/mol. The number of imide groups is 1. The molecule has 0 spiro atoms. The van der Waals surface area contributed by atoms with E-state index in [1.165, 1.54) is 0 Å². The van der Waals surface area contributed by atoms with Gasteiger partial charge in [0.05, 0.1) is 0 Å². The molecular formula is C15H18ClN3O3. The van der Waals surface area contributed by atoms with E-state index in [4.69, 9.17) is 11.6 Å². The highest BCUT2D eigenvalue weighted by atomic mass is 35.5. The minimum atomic E-state index is -0.920. The normalized spacial score (nSPS) is 16.6.